The Morgan fingerprint density at radius 2 is 2.12 bits per heavy atom. The van der Waals surface area contributed by atoms with Gasteiger partial charge in [-0.25, -0.2) is 4.98 Å². The summed E-state index contributed by atoms with van der Waals surface area (Å²) in [5.74, 6) is 0.470. The van der Waals surface area contributed by atoms with Crippen LogP contribution in [0.2, 0.25) is 0 Å². The van der Waals surface area contributed by atoms with E-state index in [1.54, 1.807) is 12.3 Å². The van der Waals surface area contributed by atoms with Gasteiger partial charge in [-0.1, -0.05) is 0 Å². The van der Waals surface area contributed by atoms with Crippen LogP contribution in [0, 0.1) is 10.1 Å². The number of pyridine rings is 1. The highest BCUT2D eigenvalue weighted by Gasteiger charge is 2.27. The average Bonchev–Trinajstić information content (AvgIpc) is 2.27. The van der Waals surface area contributed by atoms with Crippen molar-refractivity contribution in [2.24, 2.45) is 0 Å². The van der Waals surface area contributed by atoms with E-state index in [1.807, 2.05) is 4.90 Å². The van der Waals surface area contributed by atoms with E-state index in [4.69, 9.17) is 0 Å². The van der Waals surface area contributed by atoms with Crippen LogP contribution in [0.3, 0.4) is 0 Å². The van der Waals surface area contributed by atoms with Crippen molar-refractivity contribution in [3.05, 3.63) is 28.4 Å². The number of nitro groups is 1. The van der Waals surface area contributed by atoms with Gasteiger partial charge in [-0.3, -0.25) is 10.1 Å². The molecule has 2 heterocycles. The molecule has 1 N–H and O–H groups in total. The van der Waals surface area contributed by atoms with E-state index < -0.39 is 0 Å². The summed E-state index contributed by atoms with van der Waals surface area (Å²) in [5, 5.41) is 14.3. The van der Waals surface area contributed by atoms with E-state index in [2.05, 4.69) is 24.1 Å². The summed E-state index contributed by atoms with van der Waals surface area (Å²) in [6.07, 6.45) is 1.60. The molecule has 1 saturated heterocycles. The molecule has 2 unspecified atom stereocenters. The van der Waals surface area contributed by atoms with Crippen molar-refractivity contribution in [3.8, 4) is 0 Å². The summed E-state index contributed by atoms with van der Waals surface area (Å²) in [5.41, 5.74) is 0.0776. The smallest absolute Gasteiger partial charge is 0.311 e. The molecule has 6 nitrogen and oxygen atoms in total. The third-order valence-electron chi connectivity index (χ3n) is 2.82. The molecule has 6 heteroatoms. The molecule has 1 aromatic rings. The van der Waals surface area contributed by atoms with E-state index in [0.717, 1.165) is 13.1 Å². The molecule has 1 aliphatic rings. The molecule has 0 aliphatic carbocycles. The molecular weight excluding hydrogens is 220 g/mol. The average molecular weight is 236 g/mol. The number of hydrogen-bond acceptors (Lipinski definition) is 5. The third-order valence-corrected chi connectivity index (χ3v) is 2.82. The normalized spacial score (nSPS) is 24.7. The van der Waals surface area contributed by atoms with Crippen molar-refractivity contribution in [3.63, 3.8) is 0 Å². The van der Waals surface area contributed by atoms with Crippen molar-refractivity contribution in [1.29, 1.82) is 0 Å². The van der Waals surface area contributed by atoms with Crippen LogP contribution < -0.4 is 10.2 Å². The van der Waals surface area contributed by atoms with Crippen LogP contribution in [-0.2, 0) is 0 Å². The van der Waals surface area contributed by atoms with Gasteiger partial charge in [0.25, 0.3) is 0 Å². The lowest BCUT2D eigenvalue weighted by atomic mass is 10.1. The first-order valence-corrected chi connectivity index (χ1v) is 5.68. The fraction of sp³-hybridized carbons (Fsp3) is 0.545. The Balaban J connectivity index is 2.30. The summed E-state index contributed by atoms with van der Waals surface area (Å²) in [6.45, 7) is 5.61. The molecule has 1 aromatic heterocycles. The number of anilines is 1. The Kier molecular flexibility index (Phi) is 3.23. The SMILES string of the molecule is CC1CN(c2ncccc2[N+](=O)[O-])CC(C)N1. The molecule has 0 saturated carbocycles. The van der Waals surface area contributed by atoms with E-state index >= 15 is 0 Å². The maximum atomic E-state index is 11.0. The highest BCUT2D eigenvalue weighted by atomic mass is 16.6. The lowest BCUT2D eigenvalue weighted by molar-refractivity contribution is -0.384. The van der Waals surface area contributed by atoms with Crippen molar-refractivity contribution in [2.45, 2.75) is 25.9 Å². The minimum Gasteiger partial charge on any atom is -0.348 e. The van der Waals surface area contributed by atoms with Gasteiger partial charge >= 0.3 is 5.69 Å². The van der Waals surface area contributed by atoms with Gasteiger partial charge in [0.05, 0.1) is 4.92 Å². The first kappa shape index (κ1) is 11.8. The highest BCUT2D eigenvalue weighted by Crippen LogP contribution is 2.26. The van der Waals surface area contributed by atoms with Gasteiger partial charge in [-0.15, -0.1) is 0 Å². The molecule has 2 rings (SSSR count). The van der Waals surface area contributed by atoms with E-state index in [9.17, 15) is 10.1 Å². The van der Waals surface area contributed by atoms with Crippen LogP contribution >= 0.6 is 0 Å². The Labute approximate surface area is 99.8 Å². The fourth-order valence-corrected chi connectivity index (χ4v) is 2.27. The van der Waals surface area contributed by atoms with Crippen molar-refractivity contribution in [2.75, 3.05) is 18.0 Å². The van der Waals surface area contributed by atoms with Gasteiger partial charge in [0.2, 0.25) is 5.82 Å². The molecule has 0 amide bonds. The number of piperazine rings is 1. The summed E-state index contributed by atoms with van der Waals surface area (Å²) in [6, 6.07) is 3.71. The zero-order chi connectivity index (χ0) is 12.4. The van der Waals surface area contributed by atoms with Gasteiger partial charge in [0.1, 0.15) is 0 Å². The first-order valence-electron chi connectivity index (χ1n) is 5.68. The Hall–Kier alpha value is -1.69. The lowest BCUT2D eigenvalue weighted by Crippen LogP contribution is -2.54. The summed E-state index contributed by atoms with van der Waals surface area (Å²) in [4.78, 5) is 16.7. The van der Waals surface area contributed by atoms with Gasteiger partial charge in [-0.2, -0.15) is 0 Å². The van der Waals surface area contributed by atoms with Gasteiger partial charge in [0, 0.05) is 37.4 Å². The summed E-state index contributed by atoms with van der Waals surface area (Å²) in [7, 11) is 0. The molecule has 92 valence electrons. The van der Waals surface area contributed by atoms with Gasteiger partial charge in [0.15, 0.2) is 0 Å². The second-order valence-electron chi connectivity index (χ2n) is 4.48. The Morgan fingerprint density at radius 1 is 1.47 bits per heavy atom. The maximum Gasteiger partial charge on any atom is 0.311 e. The second kappa shape index (κ2) is 4.67. The summed E-state index contributed by atoms with van der Waals surface area (Å²) >= 11 is 0. The fourth-order valence-electron chi connectivity index (χ4n) is 2.27. The Bertz CT molecular complexity index is 414. The molecule has 17 heavy (non-hydrogen) atoms. The monoisotopic (exact) mass is 236 g/mol. The van der Waals surface area contributed by atoms with E-state index in [-0.39, 0.29) is 10.6 Å². The topological polar surface area (TPSA) is 71.3 Å². The molecule has 0 bridgehead atoms. The summed E-state index contributed by atoms with van der Waals surface area (Å²) < 4.78 is 0. The zero-order valence-corrected chi connectivity index (χ0v) is 9.96. The van der Waals surface area contributed by atoms with Crippen LogP contribution in [0.5, 0.6) is 0 Å². The van der Waals surface area contributed by atoms with E-state index in [1.165, 1.54) is 6.07 Å². The van der Waals surface area contributed by atoms with Crippen molar-refractivity contribution < 1.29 is 4.92 Å². The van der Waals surface area contributed by atoms with Gasteiger partial charge in [-0.05, 0) is 19.9 Å². The molecular formula is C11H16N4O2. The zero-order valence-electron chi connectivity index (χ0n) is 9.96. The minimum absolute atomic E-state index is 0.0776. The quantitative estimate of drug-likeness (QED) is 0.616. The van der Waals surface area contributed by atoms with Crippen LogP contribution in [0.15, 0.2) is 18.3 Å². The van der Waals surface area contributed by atoms with Crippen LogP contribution in [-0.4, -0.2) is 35.1 Å². The number of aromatic nitrogens is 1. The number of rotatable bonds is 2. The predicted octanol–water partition coefficient (Wildman–Crippen LogP) is 1.18. The predicted molar refractivity (Wildman–Crippen MR) is 65.2 cm³/mol. The molecule has 0 aromatic carbocycles. The van der Waals surface area contributed by atoms with Crippen LogP contribution in [0.1, 0.15) is 13.8 Å². The van der Waals surface area contributed by atoms with Crippen molar-refractivity contribution >= 4 is 11.5 Å². The van der Waals surface area contributed by atoms with Crippen LogP contribution in [0.25, 0.3) is 0 Å². The Morgan fingerprint density at radius 3 is 2.71 bits per heavy atom. The molecule has 1 aliphatic heterocycles. The molecule has 0 radical (unpaired) electrons. The molecule has 2 atom stereocenters. The number of hydrogen-bond donors (Lipinski definition) is 1. The number of nitrogens with one attached hydrogen (secondary N) is 1. The molecule has 1 fully saturated rings. The van der Waals surface area contributed by atoms with Crippen LogP contribution in [0.4, 0.5) is 11.5 Å². The minimum atomic E-state index is -0.375. The highest BCUT2D eigenvalue weighted by molar-refractivity contribution is 5.57. The standard InChI is InChI=1S/C11H16N4O2/c1-8-6-14(7-9(2)13-8)11-10(15(16)17)4-3-5-12-11/h3-5,8-9,13H,6-7H2,1-2H3. The van der Waals surface area contributed by atoms with Gasteiger partial charge < -0.3 is 10.2 Å². The van der Waals surface area contributed by atoms with E-state index in [0.29, 0.717) is 17.9 Å². The van der Waals surface area contributed by atoms with Crippen molar-refractivity contribution in [1.82, 2.24) is 10.3 Å². The largest absolute Gasteiger partial charge is 0.348 e. The number of nitrogens with zero attached hydrogens (tertiary/aromatic N) is 3. The lowest BCUT2D eigenvalue weighted by Gasteiger charge is -2.36. The molecule has 0 spiro atoms. The maximum absolute atomic E-state index is 11.0. The first-order chi connectivity index (χ1) is 8.08. The third kappa shape index (κ3) is 2.52. The second-order valence-corrected chi connectivity index (χ2v) is 4.48.